The van der Waals surface area contributed by atoms with E-state index < -0.39 is 0 Å². The van der Waals surface area contributed by atoms with Crippen molar-refractivity contribution >= 4 is 0 Å². The molecule has 1 unspecified atom stereocenters. The normalized spacial score (nSPS) is 23.0. The zero-order chi connectivity index (χ0) is 13.2. The maximum Gasteiger partial charge on any atom is 0.188 e. The summed E-state index contributed by atoms with van der Waals surface area (Å²) in [6, 6.07) is 0.511. The number of rotatable bonds is 2. The highest BCUT2D eigenvalue weighted by atomic mass is 15.6. The molecule has 0 amide bonds. The van der Waals surface area contributed by atoms with Crippen LogP contribution in [0.5, 0.6) is 0 Å². The molecule has 1 aromatic rings. The van der Waals surface area contributed by atoms with Crippen molar-refractivity contribution in [3.63, 3.8) is 0 Å². The standard InChI is InChI=1S/C12H24N6/c1-12(2,3)10-8-18(7-5-6-13-10)9-11-14-16-17(4)15-11/h10,13H,5-9H2,1-4H3. The van der Waals surface area contributed by atoms with Crippen LogP contribution in [0.25, 0.3) is 0 Å². The smallest absolute Gasteiger partial charge is 0.188 e. The van der Waals surface area contributed by atoms with E-state index in [1.54, 1.807) is 7.05 Å². The molecule has 1 N–H and O–H groups in total. The van der Waals surface area contributed by atoms with Crippen LogP contribution in [0, 0.1) is 5.41 Å². The van der Waals surface area contributed by atoms with Crippen LogP contribution in [-0.2, 0) is 13.6 Å². The van der Waals surface area contributed by atoms with Crippen molar-refractivity contribution in [1.29, 1.82) is 0 Å². The zero-order valence-electron chi connectivity index (χ0n) is 11.8. The molecule has 0 aromatic carbocycles. The highest BCUT2D eigenvalue weighted by Gasteiger charge is 2.28. The molecule has 6 nitrogen and oxygen atoms in total. The van der Waals surface area contributed by atoms with Crippen LogP contribution < -0.4 is 5.32 Å². The first-order chi connectivity index (χ1) is 8.45. The number of hydrogen-bond donors (Lipinski definition) is 1. The van der Waals surface area contributed by atoms with E-state index >= 15 is 0 Å². The average molecular weight is 252 g/mol. The molecule has 6 heteroatoms. The number of nitrogens with zero attached hydrogens (tertiary/aromatic N) is 5. The first kappa shape index (κ1) is 13.4. The van der Waals surface area contributed by atoms with Crippen LogP contribution in [0.15, 0.2) is 0 Å². The van der Waals surface area contributed by atoms with Crippen molar-refractivity contribution in [2.45, 2.75) is 39.8 Å². The molecule has 102 valence electrons. The number of aryl methyl sites for hydroxylation is 1. The van der Waals surface area contributed by atoms with E-state index in [9.17, 15) is 0 Å². The number of aromatic nitrogens is 4. The van der Waals surface area contributed by atoms with E-state index in [1.807, 2.05) is 0 Å². The topological polar surface area (TPSA) is 58.9 Å². The summed E-state index contributed by atoms with van der Waals surface area (Å²) in [6.07, 6.45) is 1.17. The second-order valence-electron chi connectivity index (χ2n) is 6.16. The van der Waals surface area contributed by atoms with Gasteiger partial charge in [-0.2, -0.15) is 4.80 Å². The SMILES string of the molecule is Cn1nnc(CN2CCCNC(C(C)(C)C)C2)n1. The summed E-state index contributed by atoms with van der Waals surface area (Å²) < 4.78 is 0. The van der Waals surface area contributed by atoms with Crippen LogP contribution in [-0.4, -0.2) is 50.8 Å². The molecule has 1 aliphatic heterocycles. The van der Waals surface area contributed by atoms with Gasteiger partial charge in [-0.25, -0.2) is 0 Å². The summed E-state index contributed by atoms with van der Waals surface area (Å²) in [5.41, 5.74) is 0.276. The van der Waals surface area contributed by atoms with Crippen molar-refractivity contribution in [1.82, 2.24) is 30.4 Å². The van der Waals surface area contributed by atoms with Gasteiger partial charge >= 0.3 is 0 Å². The van der Waals surface area contributed by atoms with Gasteiger partial charge in [-0.3, -0.25) is 4.90 Å². The monoisotopic (exact) mass is 252 g/mol. The van der Waals surface area contributed by atoms with Crippen molar-refractivity contribution in [2.75, 3.05) is 19.6 Å². The third kappa shape index (κ3) is 3.49. The number of tetrazole rings is 1. The lowest BCUT2D eigenvalue weighted by atomic mass is 9.86. The number of hydrogen-bond acceptors (Lipinski definition) is 5. The Balaban J connectivity index is 1.99. The Morgan fingerprint density at radius 1 is 1.39 bits per heavy atom. The lowest BCUT2D eigenvalue weighted by molar-refractivity contribution is 0.189. The fraction of sp³-hybridized carbons (Fsp3) is 0.917. The Labute approximate surface area is 109 Å². The molecule has 2 heterocycles. The van der Waals surface area contributed by atoms with Gasteiger partial charge in [-0.1, -0.05) is 20.8 Å². The highest BCUT2D eigenvalue weighted by molar-refractivity contribution is 4.87. The van der Waals surface area contributed by atoms with Gasteiger partial charge in [0.2, 0.25) is 0 Å². The van der Waals surface area contributed by atoms with Gasteiger partial charge < -0.3 is 5.32 Å². The van der Waals surface area contributed by atoms with Crippen molar-refractivity contribution < 1.29 is 0 Å². The molecular weight excluding hydrogens is 228 g/mol. The Hall–Kier alpha value is -1.01. The molecule has 0 spiro atoms. The first-order valence-electron chi connectivity index (χ1n) is 6.64. The fourth-order valence-electron chi connectivity index (χ4n) is 2.30. The molecular formula is C12H24N6. The van der Waals surface area contributed by atoms with Gasteiger partial charge in [0.05, 0.1) is 13.6 Å². The van der Waals surface area contributed by atoms with Crippen LogP contribution in [0.1, 0.15) is 33.0 Å². The lowest BCUT2D eigenvalue weighted by Gasteiger charge is -2.33. The Morgan fingerprint density at radius 3 is 2.78 bits per heavy atom. The third-order valence-corrected chi connectivity index (χ3v) is 3.44. The van der Waals surface area contributed by atoms with Crippen molar-refractivity contribution in [3.05, 3.63) is 5.82 Å². The summed E-state index contributed by atoms with van der Waals surface area (Å²) in [4.78, 5) is 3.94. The predicted octanol–water partition coefficient (Wildman–Crippen LogP) is 0.420. The van der Waals surface area contributed by atoms with E-state index in [4.69, 9.17) is 0 Å². The van der Waals surface area contributed by atoms with E-state index in [0.29, 0.717) is 6.04 Å². The van der Waals surface area contributed by atoms with Crippen LogP contribution >= 0.6 is 0 Å². The zero-order valence-corrected chi connectivity index (χ0v) is 11.8. The molecule has 18 heavy (non-hydrogen) atoms. The second-order valence-corrected chi connectivity index (χ2v) is 6.16. The van der Waals surface area contributed by atoms with Crippen LogP contribution in [0.4, 0.5) is 0 Å². The van der Waals surface area contributed by atoms with E-state index in [-0.39, 0.29) is 5.41 Å². The average Bonchev–Trinajstić information content (AvgIpc) is 2.53. The molecule has 1 atom stereocenters. The second kappa shape index (κ2) is 5.32. The molecule has 0 radical (unpaired) electrons. The van der Waals surface area contributed by atoms with Crippen molar-refractivity contribution in [3.8, 4) is 0 Å². The van der Waals surface area contributed by atoms with Crippen molar-refractivity contribution in [2.24, 2.45) is 12.5 Å². The van der Waals surface area contributed by atoms with Gasteiger partial charge in [0.1, 0.15) is 0 Å². The summed E-state index contributed by atoms with van der Waals surface area (Å²) >= 11 is 0. The summed E-state index contributed by atoms with van der Waals surface area (Å²) in [6.45, 7) is 10.9. The first-order valence-corrected chi connectivity index (χ1v) is 6.64. The van der Waals surface area contributed by atoms with Gasteiger partial charge in [0, 0.05) is 12.6 Å². The van der Waals surface area contributed by atoms with Crippen LogP contribution in [0.3, 0.4) is 0 Å². The minimum Gasteiger partial charge on any atom is -0.312 e. The van der Waals surface area contributed by atoms with E-state index in [0.717, 1.165) is 32.0 Å². The molecule has 0 aliphatic carbocycles. The quantitative estimate of drug-likeness (QED) is 0.826. The molecule has 0 saturated carbocycles. The Morgan fingerprint density at radius 2 is 2.17 bits per heavy atom. The maximum absolute atomic E-state index is 4.25. The van der Waals surface area contributed by atoms with Crippen LogP contribution in [0.2, 0.25) is 0 Å². The predicted molar refractivity (Wildman–Crippen MR) is 69.9 cm³/mol. The minimum absolute atomic E-state index is 0.276. The van der Waals surface area contributed by atoms with Gasteiger partial charge in [0.15, 0.2) is 5.82 Å². The minimum atomic E-state index is 0.276. The summed E-state index contributed by atoms with van der Waals surface area (Å²) in [5, 5.41) is 15.8. The van der Waals surface area contributed by atoms with E-state index in [1.165, 1.54) is 11.2 Å². The summed E-state index contributed by atoms with van der Waals surface area (Å²) in [7, 11) is 1.80. The van der Waals surface area contributed by atoms with Gasteiger partial charge in [0.25, 0.3) is 0 Å². The molecule has 1 fully saturated rings. The molecule has 2 rings (SSSR count). The molecule has 1 aliphatic rings. The molecule has 0 bridgehead atoms. The Bertz CT molecular complexity index is 380. The summed E-state index contributed by atoms with van der Waals surface area (Å²) in [5.74, 6) is 0.812. The van der Waals surface area contributed by atoms with Gasteiger partial charge in [-0.15, -0.1) is 10.2 Å². The number of nitrogens with one attached hydrogen (secondary N) is 1. The fourth-order valence-corrected chi connectivity index (χ4v) is 2.30. The lowest BCUT2D eigenvalue weighted by Crippen LogP contribution is -2.46. The third-order valence-electron chi connectivity index (χ3n) is 3.44. The Kier molecular flexibility index (Phi) is 3.97. The van der Waals surface area contributed by atoms with Gasteiger partial charge in [-0.05, 0) is 30.1 Å². The van der Waals surface area contributed by atoms with E-state index in [2.05, 4.69) is 46.4 Å². The molecule has 1 saturated heterocycles. The maximum atomic E-state index is 4.25. The largest absolute Gasteiger partial charge is 0.312 e. The highest BCUT2D eigenvalue weighted by Crippen LogP contribution is 2.22. The molecule has 1 aromatic heterocycles.